The summed E-state index contributed by atoms with van der Waals surface area (Å²) in [6.45, 7) is 10.7. The highest BCUT2D eigenvalue weighted by molar-refractivity contribution is 7.97. The van der Waals surface area contributed by atoms with Gasteiger partial charge in [-0.3, -0.25) is 0 Å². The minimum absolute atomic E-state index is 0.623. The quantitative estimate of drug-likeness (QED) is 0.824. The lowest BCUT2D eigenvalue weighted by atomic mass is 9.98. The molecule has 0 saturated heterocycles. The smallest absolute Gasteiger partial charge is 0.138 e. The van der Waals surface area contributed by atoms with E-state index in [-0.39, 0.29) is 0 Å². The summed E-state index contributed by atoms with van der Waals surface area (Å²) in [5.74, 6) is 2.48. The molecule has 0 aliphatic rings. The molecule has 102 valence electrons. The van der Waals surface area contributed by atoms with Crippen LogP contribution in [0.5, 0.6) is 0 Å². The van der Waals surface area contributed by atoms with Gasteiger partial charge >= 0.3 is 0 Å². The maximum atomic E-state index is 4.60. The first-order chi connectivity index (χ1) is 8.58. The van der Waals surface area contributed by atoms with Crippen LogP contribution in [0.2, 0.25) is 0 Å². The van der Waals surface area contributed by atoms with Crippen LogP contribution in [0.25, 0.3) is 0 Å². The van der Waals surface area contributed by atoms with Crippen LogP contribution < -0.4 is 5.32 Å². The van der Waals surface area contributed by atoms with Gasteiger partial charge in [-0.05, 0) is 51.1 Å². The van der Waals surface area contributed by atoms with Gasteiger partial charge in [0, 0.05) is 11.4 Å². The lowest BCUT2D eigenvalue weighted by molar-refractivity contribution is 0.517. The summed E-state index contributed by atoms with van der Waals surface area (Å²) in [5.41, 5.74) is 3.62. The molecular weight excluding hydrogens is 242 g/mol. The summed E-state index contributed by atoms with van der Waals surface area (Å²) in [7, 11) is 0. The highest BCUT2D eigenvalue weighted by atomic mass is 32.2. The molecular formula is C14H25N3S. The minimum Gasteiger partial charge on any atom is -0.317 e. The van der Waals surface area contributed by atoms with Crippen LogP contribution in [-0.2, 0) is 12.2 Å². The third-order valence-electron chi connectivity index (χ3n) is 3.04. The Hall–Kier alpha value is -0.610. The molecule has 1 aromatic heterocycles. The molecule has 0 spiro atoms. The third kappa shape index (κ3) is 4.58. The molecule has 1 N–H and O–H groups in total. The predicted molar refractivity (Wildman–Crippen MR) is 80.1 cm³/mol. The molecule has 1 atom stereocenters. The summed E-state index contributed by atoms with van der Waals surface area (Å²) in [6.07, 6.45) is 3.14. The van der Waals surface area contributed by atoms with Gasteiger partial charge in [0.2, 0.25) is 0 Å². The summed E-state index contributed by atoms with van der Waals surface area (Å²) in [6, 6.07) is 0. The van der Waals surface area contributed by atoms with E-state index in [0.29, 0.717) is 5.92 Å². The van der Waals surface area contributed by atoms with E-state index in [9.17, 15) is 0 Å². The van der Waals surface area contributed by atoms with Gasteiger partial charge in [-0.15, -0.1) is 0 Å². The zero-order valence-electron chi connectivity index (χ0n) is 12.2. The average molecular weight is 267 g/mol. The largest absolute Gasteiger partial charge is 0.317 e. The maximum Gasteiger partial charge on any atom is 0.138 e. The van der Waals surface area contributed by atoms with Crippen molar-refractivity contribution in [2.45, 2.75) is 39.9 Å². The average Bonchev–Trinajstić information content (AvgIpc) is 2.31. The van der Waals surface area contributed by atoms with Crippen molar-refractivity contribution in [1.29, 1.82) is 0 Å². The van der Waals surface area contributed by atoms with Gasteiger partial charge in [0.25, 0.3) is 0 Å². The number of thioether (sulfide) groups is 1. The molecule has 1 rings (SSSR count). The van der Waals surface area contributed by atoms with Crippen LogP contribution in [-0.4, -0.2) is 29.3 Å². The number of hydrogen-bond acceptors (Lipinski definition) is 4. The zero-order valence-corrected chi connectivity index (χ0v) is 13.0. The van der Waals surface area contributed by atoms with Crippen LogP contribution in [0.1, 0.15) is 36.6 Å². The lowest BCUT2D eigenvalue weighted by Crippen LogP contribution is -2.22. The molecule has 1 aromatic rings. The fourth-order valence-electron chi connectivity index (χ4n) is 2.11. The highest BCUT2D eigenvalue weighted by Gasteiger charge is 2.11. The van der Waals surface area contributed by atoms with Crippen molar-refractivity contribution >= 4 is 11.8 Å². The molecule has 0 aromatic carbocycles. The fraction of sp³-hybridized carbons (Fsp3) is 0.714. The topological polar surface area (TPSA) is 37.8 Å². The molecule has 1 heterocycles. The molecule has 0 aliphatic carbocycles. The second kappa shape index (κ2) is 7.74. The Kier molecular flexibility index (Phi) is 6.65. The fourth-order valence-corrected chi connectivity index (χ4v) is 2.50. The van der Waals surface area contributed by atoms with Crippen molar-refractivity contribution in [2.75, 3.05) is 19.3 Å². The van der Waals surface area contributed by atoms with E-state index >= 15 is 0 Å². The number of nitrogens with one attached hydrogen (secondary N) is 1. The molecule has 0 saturated carbocycles. The van der Waals surface area contributed by atoms with E-state index in [1.807, 2.05) is 0 Å². The third-order valence-corrected chi connectivity index (χ3v) is 3.58. The first-order valence-electron chi connectivity index (χ1n) is 6.61. The first-order valence-corrected chi connectivity index (χ1v) is 8.00. The maximum absolute atomic E-state index is 4.60. The van der Waals surface area contributed by atoms with Gasteiger partial charge in [0.15, 0.2) is 0 Å². The van der Waals surface area contributed by atoms with Gasteiger partial charge in [0.05, 0.1) is 5.75 Å². The van der Waals surface area contributed by atoms with E-state index in [2.05, 4.69) is 49.2 Å². The Morgan fingerprint density at radius 1 is 1.22 bits per heavy atom. The molecule has 3 nitrogen and oxygen atoms in total. The number of rotatable bonds is 7. The molecule has 0 amide bonds. The van der Waals surface area contributed by atoms with Crippen molar-refractivity contribution < 1.29 is 0 Å². The highest BCUT2D eigenvalue weighted by Crippen LogP contribution is 2.16. The Bertz CT molecular complexity index is 356. The molecule has 0 aliphatic heterocycles. The molecule has 0 bridgehead atoms. The minimum atomic E-state index is 0.623. The SMILES string of the molecule is CCNCC(C)Cc1c(C)nc(CSC)nc1C. The summed E-state index contributed by atoms with van der Waals surface area (Å²) in [5, 5.41) is 3.39. The molecule has 4 heteroatoms. The second-order valence-corrected chi connectivity index (χ2v) is 5.71. The van der Waals surface area contributed by atoms with Crippen LogP contribution in [0.4, 0.5) is 0 Å². The van der Waals surface area contributed by atoms with E-state index < -0.39 is 0 Å². The molecule has 0 fully saturated rings. The van der Waals surface area contributed by atoms with E-state index in [1.165, 1.54) is 5.56 Å². The molecule has 0 radical (unpaired) electrons. The van der Waals surface area contributed by atoms with Crippen molar-refractivity contribution in [2.24, 2.45) is 5.92 Å². The Balaban J connectivity index is 2.76. The van der Waals surface area contributed by atoms with Crippen LogP contribution >= 0.6 is 11.8 Å². The second-order valence-electron chi connectivity index (χ2n) is 4.84. The van der Waals surface area contributed by atoms with Gasteiger partial charge in [0.1, 0.15) is 5.82 Å². The molecule has 1 unspecified atom stereocenters. The van der Waals surface area contributed by atoms with Crippen molar-refractivity contribution in [1.82, 2.24) is 15.3 Å². The number of aromatic nitrogens is 2. The van der Waals surface area contributed by atoms with Crippen LogP contribution in [0, 0.1) is 19.8 Å². The lowest BCUT2D eigenvalue weighted by Gasteiger charge is -2.15. The number of nitrogens with zero attached hydrogens (tertiary/aromatic N) is 2. The summed E-state index contributed by atoms with van der Waals surface area (Å²) < 4.78 is 0. The van der Waals surface area contributed by atoms with Crippen molar-refractivity contribution in [3.8, 4) is 0 Å². The van der Waals surface area contributed by atoms with E-state index in [0.717, 1.165) is 42.5 Å². The van der Waals surface area contributed by atoms with Crippen molar-refractivity contribution in [3.05, 3.63) is 22.8 Å². The van der Waals surface area contributed by atoms with E-state index in [1.54, 1.807) is 11.8 Å². The van der Waals surface area contributed by atoms with Gasteiger partial charge in [-0.2, -0.15) is 11.8 Å². The Morgan fingerprint density at radius 2 is 1.83 bits per heavy atom. The number of hydrogen-bond donors (Lipinski definition) is 1. The summed E-state index contributed by atoms with van der Waals surface area (Å²) in [4.78, 5) is 9.21. The Labute approximate surface area is 115 Å². The standard InChI is InChI=1S/C14H25N3S/c1-6-15-8-10(2)7-13-11(3)16-14(9-18-5)17-12(13)4/h10,15H,6-9H2,1-5H3. The van der Waals surface area contributed by atoms with E-state index in [4.69, 9.17) is 0 Å². The van der Waals surface area contributed by atoms with Crippen molar-refractivity contribution in [3.63, 3.8) is 0 Å². The first kappa shape index (κ1) is 15.4. The Morgan fingerprint density at radius 3 is 2.33 bits per heavy atom. The summed E-state index contributed by atoms with van der Waals surface area (Å²) >= 11 is 1.77. The monoisotopic (exact) mass is 267 g/mol. The van der Waals surface area contributed by atoms with Crippen LogP contribution in [0.15, 0.2) is 0 Å². The zero-order chi connectivity index (χ0) is 13.5. The normalized spacial score (nSPS) is 12.7. The number of aryl methyl sites for hydroxylation is 2. The predicted octanol–water partition coefficient (Wildman–Crippen LogP) is 2.74. The van der Waals surface area contributed by atoms with Gasteiger partial charge in [-0.25, -0.2) is 9.97 Å². The van der Waals surface area contributed by atoms with Gasteiger partial charge < -0.3 is 5.32 Å². The van der Waals surface area contributed by atoms with Gasteiger partial charge in [-0.1, -0.05) is 13.8 Å². The molecule has 18 heavy (non-hydrogen) atoms. The van der Waals surface area contributed by atoms with Crippen LogP contribution in [0.3, 0.4) is 0 Å².